The molecule has 2 aliphatic rings. The van der Waals surface area contributed by atoms with E-state index >= 15 is 0 Å². The Hall–Kier alpha value is -3.22. The molecule has 1 N–H and O–H groups in total. The second-order valence-corrected chi connectivity index (χ2v) is 8.57. The van der Waals surface area contributed by atoms with Crippen LogP contribution in [-0.2, 0) is 9.59 Å². The van der Waals surface area contributed by atoms with E-state index in [1.807, 2.05) is 42.2 Å². The largest absolute Gasteiger partial charge is 0.354 e. The first kappa shape index (κ1) is 22.0. The lowest BCUT2D eigenvalue weighted by molar-refractivity contribution is -0.136. The molecule has 2 heterocycles. The summed E-state index contributed by atoms with van der Waals surface area (Å²) in [6, 6.07) is 13.0. The fraction of sp³-hybridized carbons (Fsp3) is 0.440. The first-order chi connectivity index (χ1) is 15.5. The van der Waals surface area contributed by atoms with Crippen LogP contribution >= 0.6 is 0 Å². The van der Waals surface area contributed by atoms with Gasteiger partial charge in [0.1, 0.15) is 0 Å². The van der Waals surface area contributed by atoms with Crippen molar-refractivity contribution in [2.24, 2.45) is 5.92 Å². The molecular weight excluding hydrogens is 404 g/mol. The molecule has 1 saturated heterocycles. The summed E-state index contributed by atoms with van der Waals surface area (Å²) >= 11 is 0. The van der Waals surface area contributed by atoms with E-state index in [4.69, 9.17) is 0 Å². The van der Waals surface area contributed by atoms with Crippen LogP contribution in [0.3, 0.4) is 0 Å². The van der Waals surface area contributed by atoms with Crippen LogP contribution in [0.4, 0.5) is 0 Å². The van der Waals surface area contributed by atoms with Crippen LogP contribution in [0.25, 0.3) is 0 Å². The zero-order chi connectivity index (χ0) is 22.5. The van der Waals surface area contributed by atoms with Gasteiger partial charge in [-0.2, -0.15) is 0 Å². The van der Waals surface area contributed by atoms with Gasteiger partial charge >= 0.3 is 0 Å². The van der Waals surface area contributed by atoms with Crippen LogP contribution in [0.1, 0.15) is 53.3 Å². The third kappa shape index (κ3) is 5.15. The van der Waals surface area contributed by atoms with Crippen LogP contribution in [0.2, 0.25) is 0 Å². The zero-order valence-electron chi connectivity index (χ0n) is 18.5. The standard InChI is InChI=1S/C25H30N4O3/c1-18-21(9-5-12-26-18)25(32)28-14-6-15-29(24(31)20-10-11-20)22(17-23(30)27-13-16-28)19-7-3-2-4-8-19/h2-5,7-9,12,20,22H,6,10-11,13-17H2,1H3,(H,27,30). The minimum absolute atomic E-state index is 0.0604. The highest BCUT2D eigenvalue weighted by Crippen LogP contribution is 2.35. The Kier molecular flexibility index (Phi) is 6.83. The molecule has 3 amide bonds. The average Bonchev–Trinajstić information content (AvgIpc) is 3.65. The summed E-state index contributed by atoms with van der Waals surface area (Å²) in [6.07, 6.45) is 4.37. The summed E-state index contributed by atoms with van der Waals surface area (Å²) < 4.78 is 0. The molecule has 1 aromatic carbocycles. The van der Waals surface area contributed by atoms with Gasteiger partial charge in [-0.15, -0.1) is 0 Å². The van der Waals surface area contributed by atoms with Crippen molar-refractivity contribution in [1.82, 2.24) is 20.1 Å². The zero-order valence-corrected chi connectivity index (χ0v) is 18.5. The van der Waals surface area contributed by atoms with Crippen molar-refractivity contribution in [2.45, 2.75) is 38.6 Å². The third-order valence-electron chi connectivity index (χ3n) is 6.20. The van der Waals surface area contributed by atoms with E-state index in [1.54, 1.807) is 23.2 Å². The molecule has 168 valence electrons. The number of aryl methyl sites for hydroxylation is 1. The molecule has 32 heavy (non-hydrogen) atoms. The Balaban J connectivity index is 1.57. The first-order valence-electron chi connectivity index (χ1n) is 11.4. The molecule has 0 spiro atoms. The summed E-state index contributed by atoms with van der Waals surface area (Å²) in [7, 11) is 0. The minimum atomic E-state index is -0.299. The van der Waals surface area contributed by atoms with E-state index < -0.39 is 0 Å². The molecule has 1 aliphatic heterocycles. The monoisotopic (exact) mass is 434 g/mol. The highest BCUT2D eigenvalue weighted by Gasteiger charge is 2.37. The molecule has 2 aromatic rings. The molecule has 1 aliphatic carbocycles. The lowest BCUT2D eigenvalue weighted by Crippen LogP contribution is -2.39. The smallest absolute Gasteiger partial charge is 0.255 e. The predicted octanol–water partition coefficient (Wildman–Crippen LogP) is 2.72. The number of benzene rings is 1. The molecule has 1 aromatic heterocycles. The Morgan fingerprint density at radius 2 is 1.81 bits per heavy atom. The van der Waals surface area contributed by atoms with E-state index in [0.29, 0.717) is 43.9 Å². The maximum absolute atomic E-state index is 13.2. The highest BCUT2D eigenvalue weighted by atomic mass is 16.2. The van der Waals surface area contributed by atoms with E-state index in [2.05, 4.69) is 10.3 Å². The van der Waals surface area contributed by atoms with Crippen molar-refractivity contribution in [3.8, 4) is 0 Å². The second kappa shape index (κ2) is 9.94. The summed E-state index contributed by atoms with van der Waals surface area (Å²) in [4.78, 5) is 47.0. The Bertz CT molecular complexity index is 974. The Morgan fingerprint density at radius 1 is 1.03 bits per heavy atom. The second-order valence-electron chi connectivity index (χ2n) is 8.57. The number of aromatic nitrogens is 1. The van der Waals surface area contributed by atoms with Gasteiger partial charge in [-0.3, -0.25) is 19.4 Å². The topological polar surface area (TPSA) is 82.6 Å². The predicted molar refractivity (Wildman–Crippen MR) is 121 cm³/mol. The van der Waals surface area contributed by atoms with Gasteiger partial charge in [-0.05, 0) is 43.9 Å². The average molecular weight is 435 g/mol. The summed E-state index contributed by atoms with van der Waals surface area (Å²) in [5, 5.41) is 2.95. The fourth-order valence-corrected chi connectivity index (χ4v) is 4.27. The molecule has 1 saturated carbocycles. The van der Waals surface area contributed by atoms with Crippen LogP contribution in [0.5, 0.6) is 0 Å². The van der Waals surface area contributed by atoms with Gasteiger partial charge in [-0.1, -0.05) is 30.3 Å². The van der Waals surface area contributed by atoms with Gasteiger partial charge in [0.15, 0.2) is 0 Å². The van der Waals surface area contributed by atoms with Gasteiger partial charge < -0.3 is 15.1 Å². The van der Waals surface area contributed by atoms with Crippen molar-refractivity contribution in [1.29, 1.82) is 0 Å². The van der Waals surface area contributed by atoms with E-state index in [-0.39, 0.29) is 36.1 Å². The van der Waals surface area contributed by atoms with Crippen molar-refractivity contribution in [3.63, 3.8) is 0 Å². The SMILES string of the molecule is Cc1ncccc1C(=O)N1CCCN(C(=O)C2CC2)C(c2ccccc2)CC(=O)NCC1. The van der Waals surface area contributed by atoms with Crippen molar-refractivity contribution < 1.29 is 14.4 Å². The van der Waals surface area contributed by atoms with Gasteiger partial charge in [0.2, 0.25) is 11.8 Å². The molecular formula is C25H30N4O3. The number of hydrogen-bond acceptors (Lipinski definition) is 4. The van der Waals surface area contributed by atoms with Crippen LogP contribution in [-0.4, -0.2) is 58.7 Å². The maximum atomic E-state index is 13.2. The van der Waals surface area contributed by atoms with Crippen molar-refractivity contribution in [3.05, 3.63) is 65.5 Å². The number of hydrogen-bond donors (Lipinski definition) is 1. The molecule has 1 unspecified atom stereocenters. The lowest BCUT2D eigenvalue weighted by atomic mass is 10.0. The van der Waals surface area contributed by atoms with Gasteiger partial charge in [0.05, 0.1) is 18.0 Å². The molecule has 0 bridgehead atoms. The van der Waals surface area contributed by atoms with Crippen LogP contribution in [0.15, 0.2) is 48.7 Å². The number of nitrogens with zero attached hydrogens (tertiary/aromatic N) is 3. The molecule has 4 rings (SSSR count). The molecule has 0 radical (unpaired) electrons. The number of carbonyl (C=O) groups excluding carboxylic acids is 3. The number of carbonyl (C=O) groups is 3. The van der Waals surface area contributed by atoms with E-state index in [1.165, 1.54) is 0 Å². The fourth-order valence-electron chi connectivity index (χ4n) is 4.27. The summed E-state index contributed by atoms with van der Waals surface area (Å²) in [6.45, 7) is 3.65. The van der Waals surface area contributed by atoms with Gasteiger partial charge in [0, 0.05) is 44.0 Å². The number of amides is 3. The van der Waals surface area contributed by atoms with Crippen LogP contribution in [0, 0.1) is 12.8 Å². The van der Waals surface area contributed by atoms with Gasteiger partial charge in [0.25, 0.3) is 5.91 Å². The highest BCUT2D eigenvalue weighted by molar-refractivity contribution is 5.95. The molecule has 1 atom stereocenters. The molecule has 7 heteroatoms. The quantitative estimate of drug-likeness (QED) is 0.805. The van der Waals surface area contributed by atoms with Crippen LogP contribution < -0.4 is 5.32 Å². The summed E-state index contributed by atoms with van der Waals surface area (Å²) in [5.41, 5.74) is 2.22. The summed E-state index contributed by atoms with van der Waals surface area (Å²) in [5.74, 6) is -0.0276. The van der Waals surface area contributed by atoms with E-state index in [0.717, 1.165) is 18.4 Å². The Morgan fingerprint density at radius 3 is 2.53 bits per heavy atom. The maximum Gasteiger partial charge on any atom is 0.255 e. The minimum Gasteiger partial charge on any atom is -0.354 e. The number of rotatable bonds is 3. The number of nitrogens with one attached hydrogen (secondary N) is 1. The van der Waals surface area contributed by atoms with Gasteiger partial charge in [-0.25, -0.2) is 0 Å². The Labute approximate surface area is 188 Å². The molecule has 2 fully saturated rings. The lowest BCUT2D eigenvalue weighted by Gasteiger charge is -2.32. The molecule has 7 nitrogen and oxygen atoms in total. The third-order valence-corrected chi connectivity index (χ3v) is 6.20. The normalized spacial score (nSPS) is 20.3. The van der Waals surface area contributed by atoms with Crippen molar-refractivity contribution in [2.75, 3.05) is 26.2 Å². The first-order valence-corrected chi connectivity index (χ1v) is 11.4. The van der Waals surface area contributed by atoms with Crippen molar-refractivity contribution >= 4 is 17.7 Å². The van der Waals surface area contributed by atoms with E-state index in [9.17, 15) is 14.4 Å². The number of pyridine rings is 1.